The second-order valence-corrected chi connectivity index (χ2v) is 9.15. The highest BCUT2D eigenvalue weighted by atomic mass is 14.5. The van der Waals surface area contributed by atoms with Crippen LogP contribution in [0.4, 0.5) is 0 Å². The van der Waals surface area contributed by atoms with Crippen LogP contribution in [0, 0.1) is 46.3 Å². The molecule has 0 radical (unpaired) electrons. The quantitative estimate of drug-likeness (QED) is 0.564. The minimum Gasteiger partial charge on any atom is -0.198 e. The first-order valence-corrected chi connectivity index (χ1v) is 10.6. The molecular formula is C22H37N. The lowest BCUT2D eigenvalue weighted by atomic mass is 9.57. The summed E-state index contributed by atoms with van der Waals surface area (Å²) in [5.74, 6) is 4.93. The fraction of sp³-hybridized carbons (Fsp3) is 0.955. The van der Waals surface area contributed by atoms with Gasteiger partial charge >= 0.3 is 0 Å². The average molecular weight is 316 g/mol. The Morgan fingerprint density at radius 3 is 2.17 bits per heavy atom. The van der Waals surface area contributed by atoms with E-state index in [1.54, 1.807) is 0 Å². The zero-order valence-electron chi connectivity index (χ0n) is 15.5. The molecule has 0 aromatic carbocycles. The SMILES string of the molecule is CCCC1CCC([C@H]2CC[C@@H]3C[C@](C#N)(CC)CC[C@@H]3C2)CC1. The van der Waals surface area contributed by atoms with E-state index in [1.807, 2.05) is 0 Å². The Labute approximate surface area is 144 Å². The van der Waals surface area contributed by atoms with E-state index in [0.29, 0.717) is 0 Å². The Hall–Kier alpha value is -0.510. The van der Waals surface area contributed by atoms with Gasteiger partial charge in [-0.05, 0) is 87.4 Å². The molecule has 3 aliphatic rings. The lowest BCUT2D eigenvalue weighted by molar-refractivity contribution is 0.0402. The van der Waals surface area contributed by atoms with Gasteiger partial charge in [0.05, 0.1) is 11.5 Å². The Morgan fingerprint density at radius 1 is 0.870 bits per heavy atom. The number of hydrogen-bond donors (Lipinski definition) is 0. The number of fused-ring (bicyclic) bond motifs is 1. The first-order chi connectivity index (χ1) is 11.2. The smallest absolute Gasteiger partial charge is 0.0689 e. The normalized spacial score (nSPS) is 44.3. The number of nitriles is 1. The van der Waals surface area contributed by atoms with Gasteiger partial charge in [-0.1, -0.05) is 39.5 Å². The van der Waals surface area contributed by atoms with E-state index >= 15 is 0 Å². The summed E-state index contributed by atoms with van der Waals surface area (Å²) in [4.78, 5) is 0. The van der Waals surface area contributed by atoms with Crippen LogP contribution in [0.2, 0.25) is 0 Å². The van der Waals surface area contributed by atoms with Crippen molar-refractivity contribution in [2.75, 3.05) is 0 Å². The van der Waals surface area contributed by atoms with Crippen LogP contribution in [0.15, 0.2) is 0 Å². The molecule has 3 saturated carbocycles. The zero-order valence-corrected chi connectivity index (χ0v) is 15.5. The summed E-state index contributed by atoms with van der Waals surface area (Å²) in [6, 6.07) is 2.69. The average Bonchev–Trinajstić information content (AvgIpc) is 2.62. The van der Waals surface area contributed by atoms with Gasteiger partial charge in [-0.3, -0.25) is 0 Å². The van der Waals surface area contributed by atoms with Gasteiger partial charge in [0, 0.05) is 0 Å². The Kier molecular flexibility index (Phi) is 5.71. The minimum absolute atomic E-state index is 0.0339. The number of hydrogen-bond acceptors (Lipinski definition) is 1. The number of rotatable bonds is 4. The highest BCUT2D eigenvalue weighted by Crippen LogP contribution is 2.53. The third-order valence-electron chi connectivity index (χ3n) is 8.00. The molecule has 0 aromatic rings. The van der Waals surface area contributed by atoms with Crippen molar-refractivity contribution in [3.05, 3.63) is 0 Å². The van der Waals surface area contributed by atoms with Gasteiger partial charge in [-0.25, -0.2) is 0 Å². The van der Waals surface area contributed by atoms with Crippen LogP contribution < -0.4 is 0 Å². The molecule has 3 fully saturated rings. The fourth-order valence-corrected chi connectivity index (χ4v) is 6.34. The van der Waals surface area contributed by atoms with Gasteiger partial charge in [-0.15, -0.1) is 0 Å². The highest BCUT2D eigenvalue weighted by Gasteiger charge is 2.43. The molecule has 130 valence electrons. The second kappa shape index (κ2) is 7.58. The fourth-order valence-electron chi connectivity index (χ4n) is 6.34. The van der Waals surface area contributed by atoms with Crippen molar-refractivity contribution in [2.45, 2.75) is 97.3 Å². The van der Waals surface area contributed by atoms with Crippen molar-refractivity contribution in [3.63, 3.8) is 0 Å². The molecular weight excluding hydrogens is 278 g/mol. The van der Waals surface area contributed by atoms with Gasteiger partial charge < -0.3 is 0 Å². The summed E-state index contributed by atoms with van der Waals surface area (Å²) in [6.07, 6.45) is 18.1. The standard InChI is InChI=1S/C22H37N/c1-3-5-17-6-8-18(9-7-17)19-10-11-21-15-22(4-2,16-23)13-12-20(21)14-19/h17-21H,3-15H2,1-2H3/t17?,18?,19-,20+,21+,22-/m0/s1. The van der Waals surface area contributed by atoms with E-state index in [0.717, 1.165) is 36.0 Å². The van der Waals surface area contributed by atoms with Gasteiger partial charge in [0.15, 0.2) is 0 Å². The van der Waals surface area contributed by atoms with Crippen molar-refractivity contribution in [2.24, 2.45) is 35.0 Å². The lowest BCUT2D eigenvalue weighted by Crippen LogP contribution is -2.38. The van der Waals surface area contributed by atoms with E-state index in [2.05, 4.69) is 19.9 Å². The Morgan fingerprint density at radius 2 is 1.52 bits per heavy atom. The summed E-state index contributed by atoms with van der Waals surface area (Å²) in [5, 5.41) is 9.61. The summed E-state index contributed by atoms with van der Waals surface area (Å²) >= 11 is 0. The molecule has 0 heterocycles. The summed E-state index contributed by atoms with van der Waals surface area (Å²) < 4.78 is 0. The third kappa shape index (κ3) is 3.78. The molecule has 3 aliphatic carbocycles. The van der Waals surface area contributed by atoms with E-state index in [1.165, 1.54) is 77.0 Å². The first-order valence-electron chi connectivity index (χ1n) is 10.6. The van der Waals surface area contributed by atoms with Crippen molar-refractivity contribution in [1.82, 2.24) is 0 Å². The third-order valence-corrected chi connectivity index (χ3v) is 8.00. The zero-order chi connectivity index (χ0) is 16.3. The molecule has 0 saturated heterocycles. The van der Waals surface area contributed by atoms with E-state index in [4.69, 9.17) is 0 Å². The minimum atomic E-state index is 0.0339. The van der Waals surface area contributed by atoms with Gasteiger partial charge in [0.1, 0.15) is 0 Å². The molecule has 0 aromatic heterocycles. The molecule has 0 amide bonds. The highest BCUT2D eigenvalue weighted by molar-refractivity contribution is 5.04. The maximum absolute atomic E-state index is 9.61. The monoisotopic (exact) mass is 315 g/mol. The van der Waals surface area contributed by atoms with Crippen LogP contribution in [0.25, 0.3) is 0 Å². The summed E-state index contributed by atoms with van der Waals surface area (Å²) in [6.45, 7) is 4.57. The number of nitrogens with zero attached hydrogens (tertiary/aromatic N) is 1. The predicted molar refractivity (Wildman–Crippen MR) is 96.9 cm³/mol. The van der Waals surface area contributed by atoms with Crippen molar-refractivity contribution >= 4 is 0 Å². The first kappa shape index (κ1) is 17.3. The topological polar surface area (TPSA) is 23.8 Å². The maximum Gasteiger partial charge on any atom is 0.0689 e. The summed E-state index contributed by atoms with van der Waals surface area (Å²) in [7, 11) is 0. The largest absolute Gasteiger partial charge is 0.198 e. The van der Waals surface area contributed by atoms with Crippen molar-refractivity contribution in [1.29, 1.82) is 5.26 Å². The molecule has 0 spiro atoms. The van der Waals surface area contributed by atoms with E-state index in [-0.39, 0.29) is 5.41 Å². The molecule has 0 unspecified atom stereocenters. The molecule has 0 bridgehead atoms. The van der Waals surface area contributed by atoms with Crippen LogP contribution in [-0.2, 0) is 0 Å². The van der Waals surface area contributed by atoms with Crippen LogP contribution in [0.5, 0.6) is 0 Å². The Bertz CT molecular complexity index is 414. The van der Waals surface area contributed by atoms with Gasteiger partial charge in [0.2, 0.25) is 0 Å². The second-order valence-electron chi connectivity index (χ2n) is 9.15. The maximum atomic E-state index is 9.61. The molecule has 1 nitrogen and oxygen atoms in total. The Balaban J connectivity index is 1.51. The molecule has 23 heavy (non-hydrogen) atoms. The lowest BCUT2D eigenvalue weighted by Gasteiger charge is -2.47. The molecule has 4 atom stereocenters. The van der Waals surface area contributed by atoms with Gasteiger partial charge in [-0.2, -0.15) is 5.26 Å². The predicted octanol–water partition coefficient (Wildman–Crippen LogP) is 6.73. The van der Waals surface area contributed by atoms with E-state index < -0.39 is 0 Å². The van der Waals surface area contributed by atoms with Crippen LogP contribution in [0.3, 0.4) is 0 Å². The molecule has 0 aliphatic heterocycles. The van der Waals surface area contributed by atoms with Crippen molar-refractivity contribution < 1.29 is 0 Å². The molecule has 1 heteroatoms. The van der Waals surface area contributed by atoms with Crippen LogP contribution in [-0.4, -0.2) is 0 Å². The van der Waals surface area contributed by atoms with Crippen molar-refractivity contribution in [3.8, 4) is 6.07 Å². The van der Waals surface area contributed by atoms with Crippen LogP contribution in [0.1, 0.15) is 97.3 Å². The molecule has 3 rings (SSSR count). The van der Waals surface area contributed by atoms with Gasteiger partial charge in [0.25, 0.3) is 0 Å². The summed E-state index contributed by atoms with van der Waals surface area (Å²) in [5.41, 5.74) is 0.0339. The van der Waals surface area contributed by atoms with Crippen LogP contribution >= 0.6 is 0 Å². The molecule has 0 N–H and O–H groups in total. The van der Waals surface area contributed by atoms with E-state index in [9.17, 15) is 5.26 Å².